The van der Waals surface area contributed by atoms with Crippen molar-refractivity contribution >= 4 is 27.5 Å². The van der Waals surface area contributed by atoms with Crippen LogP contribution >= 0.6 is 11.6 Å². The zero-order valence-electron chi connectivity index (χ0n) is 16.5. The summed E-state index contributed by atoms with van der Waals surface area (Å²) in [5, 5.41) is 0.421. The number of amides is 1. The van der Waals surface area contributed by atoms with Crippen LogP contribution in [0.1, 0.15) is 29.7 Å². The normalized spacial score (nSPS) is 12.6. The first-order valence-corrected chi connectivity index (χ1v) is 11.3. The van der Waals surface area contributed by atoms with E-state index in [1.807, 2.05) is 31.2 Å². The molecule has 0 aliphatic heterocycles. The fourth-order valence-corrected chi connectivity index (χ4v) is 4.92. The summed E-state index contributed by atoms with van der Waals surface area (Å²) >= 11 is 5.93. The fourth-order valence-electron chi connectivity index (χ4n) is 3.23. The van der Waals surface area contributed by atoms with E-state index in [1.165, 1.54) is 24.3 Å². The summed E-state index contributed by atoms with van der Waals surface area (Å²) in [5.74, 6) is -0.746. The predicted molar refractivity (Wildman–Crippen MR) is 118 cm³/mol. The third-order valence-electron chi connectivity index (χ3n) is 4.86. The molecule has 2 N–H and O–H groups in total. The quantitative estimate of drug-likeness (QED) is 0.564. The van der Waals surface area contributed by atoms with Crippen LogP contribution in [0.25, 0.3) is 0 Å². The zero-order chi connectivity index (χ0) is 21.7. The van der Waals surface area contributed by atoms with E-state index < -0.39 is 22.0 Å². The first-order chi connectivity index (χ1) is 14.3. The van der Waals surface area contributed by atoms with E-state index in [0.717, 1.165) is 21.9 Å². The molecule has 0 aliphatic rings. The lowest BCUT2D eigenvalue weighted by atomic mass is 10.1. The van der Waals surface area contributed by atoms with E-state index in [9.17, 15) is 13.2 Å². The Bertz CT molecular complexity index is 1100. The molecule has 0 aliphatic carbocycles. The van der Waals surface area contributed by atoms with Crippen LogP contribution in [0.3, 0.4) is 0 Å². The number of hydrogen-bond donors (Lipinski definition) is 1. The highest BCUT2D eigenvalue weighted by atomic mass is 35.5. The van der Waals surface area contributed by atoms with Crippen LogP contribution in [-0.4, -0.2) is 18.6 Å². The first kappa shape index (κ1) is 22.0. The molecule has 0 saturated carbocycles. The molecule has 0 spiro atoms. The van der Waals surface area contributed by atoms with Gasteiger partial charge in [0.25, 0.3) is 0 Å². The molecule has 3 aromatic rings. The van der Waals surface area contributed by atoms with Gasteiger partial charge in [0, 0.05) is 11.6 Å². The molecule has 0 unspecified atom stereocenters. The molecule has 0 aromatic heterocycles. The molecule has 0 bridgehead atoms. The third-order valence-corrected chi connectivity index (χ3v) is 6.94. The van der Waals surface area contributed by atoms with Gasteiger partial charge in [-0.05, 0) is 47.4 Å². The third kappa shape index (κ3) is 4.90. The second kappa shape index (κ2) is 9.43. The molecule has 30 heavy (non-hydrogen) atoms. The number of carbonyl (C=O) groups excluding carboxylic acids is 1. The van der Waals surface area contributed by atoms with Crippen molar-refractivity contribution in [3.05, 3.63) is 101 Å². The number of primary amides is 1. The Hall–Kier alpha value is -2.67. The second-order valence-corrected chi connectivity index (χ2v) is 9.22. The molecule has 156 valence electrons. The number of nitrogens with zero attached hydrogens (tertiary/aromatic N) is 1. The van der Waals surface area contributed by atoms with Gasteiger partial charge in [0.2, 0.25) is 15.9 Å². The van der Waals surface area contributed by atoms with Crippen molar-refractivity contribution in [3.63, 3.8) is 0 Å². The molecule has 3 rings (SSSR count). The fraction of sp³-hybridized carbons (Fsp3) is 0.174. The number of rotatable bonds is 8. The smallest absolute Gasteiger partial charge is 0.244 e. The highest BCUT2D eigenvalue weighted by Crippen LogP contribution is 2.30. The molecule has 0 saturated heterocycles. The van der Waals surface area contributed by atoms with Crippen molar-refractivity contribution in [2.75, 3.05) is 0 Å². The van der Waals surface area contributed by atoms with Crippen molar-refractivity contribution in [2.24, 2.45) is 5.73 Å². The lowest BCUT2D eigenvalue weighted by molar-refractivity contribution is -0.122. The molecule has 5 nitrogen and oxygen atoms in total. The molecule has 1 amide bonds. The van der Waals surface area contributed by atoms with Gasteiger partial charge < -0.3 is 5.73 Å². The van der Waals surface area contributed by atoms with Gasteiger partial charge in [-0.25, -0.2) is 8.42 Å². The Balaban J connectivity index is 2.11. The molecule has 0 fully saturated rings. The highest BCUT2D eigenvalue weighted by molar-refractivity contribution is 7.89. The van der Waals surface area contributed by atoms with Crippen molar-refractivity contribution in [1.29, 1.82) is 0 Å². The van der Waals surface area contributed by atoms with Crippen LogP contribution in [0.5, 0.6) is 0 Å². The van der Waals surface area contributed by atoms with Gasteiger partial charge in [0.05, 0.1) is 4.90 Å². The van der Waals surface area contributed by atoms with Gasteiger partial charge in [0.1, 0.15) is 6.04 Å². The summed E-state index contributed by atoms with van der Waals surface area (Å²) in [4.78, 5) is 12.5. The lowest BCUT2D eigenvalue weighted by Gasteiger charge is -2.29. The topological polar surface area (TPSA) is 80.5 Å². The minimum Gasteiger partial charge on any atom is -0.368 e. The Morgan fingerprint density at radius 3 is 2.03 bits per heavy atom. The highest BCUT2D eigenvalue weighted by Gasteiger charge is 2.36. The number of aryl methyl sites for hydroxylation is 1. The molecule has 3 aromatic carbocycles. The molecular weight excluding hydrogens is 420 g/mol. The number of halogens is 1. The van der Waals surface area contributed by atoms with Crippen molar-refractivity contribution in [3.8, 4) is 0 Å². The molecule has 0 radical (unpaired) electrons. The Morgan fingerprint density at radius 1 is 0.933 bits per heavy atom. The maximum Gasteiger partial charge on any atom is 0.244 e. The average Bonchev–Trinajstić information content (AvgIpc) is 2.74. The lowest BCUT2D eigenvalue weighted by Crippen LogP contribution is -2.41. The van der Waals surface area contributed by atoms with Crippen LogP contribution in [0, 0.1) is 0 Å². The average molecular weight is 443 g/mol. The minimum absolute atomic E-state index is 0.00252. The summed E-state index contributed by atoms with van der Waals surface area (Å²) in [6.07, 6.45) is 0.876. The number of benzene rings is 3. The summed E-state index contributed by atoms with van der Waals surface area (Å²) < 4.78 is 28.3. The van der Waals surface area contributed by atoms with Crippen molar-refractivity contribution in [1.82, 2.24) is 4.31 Å². The van der Waals surface area contributed by atoms with E-state index >= 15 is 0 Å². The number of hydrogen-bond acceptors (Lipinski definition) is 3. The van der Waals surface area contributed by atoms with Gasteiger partial charge in [-0.1, -0.05) is 73.1 Å². The van der Waals surface area contributed by atoms with Crippen LogP contribution < -0.4 is 5.73 Å². The van der Waals surface area contributed by atoms with E-state index in [2.05, 4.69) is 0 Å². The zero-order valence-corrected chi connectivity index (χ0v) is 18.1. The molecule has 1 atom stereocenters. The van der Waals surface area contributed by atoms with E-state index in [0.29, 0.717) is 10.6 Å². The largest absolute Gasteiger partial charge is 0.368 e. The van der Waals surface area contributed by atoms with Crippen LogP contribution in [0.4, 0.5) is 0 Å². The molecule has 7 heteroatoms. The number of sulfonamides is 1. The number of carbonyl (C=O) groups is 1. The maximum absolute atomic E-state index is 13.6. The van der Waals surface area contributed by atoms with Crippen LogP contribution in [0.2, 0.25) is 5.02 Å². The molecular formula is C23H23ClN2O3S. The van der Waals surface area contributed by atoms with Crippen LogP contribution in [-0.2, 0) is 27.8 Å². The minimum atomic E-state index is -4.05. The monoisotopic (exact) mass is 442 g/mol. The van der Waals surface area contributed by atoms with Gasteiger partial charge in [-0.3, -0.25) is 4.79 Å². The Labute approximate surface area is 182 Å². The summed E-state index contributed by atoms with van der Waals surface area (Å²) in [5.41, 5.74) is 8.10. The van der Waals surface area contributed by atoms with Crippen molar-refractivity contribution in [2.45, 2.75) is 30.8 Å². The maximum atomic E-state index is 13.6. The SMILES string of the molecule is CCc1ccc(CN([C@@H](C(N)=O)c2ccccc2)S(=O)(=O)c2ccc(Cl)cc2)cc1. The summed E-state index contributed by atoms with van der Waals surface area (Å²) in [7, 11) is -4.05. The van der Waals surface area contributed by atoms with Gasteiger partial charge in [-0.2, -0.15) is 4.31 Å². The van der Waals surface area contributed by atoms with Gasteiger partial charge >= 0.3 is 0 Å². The summed E-state index contributed by atoms with van der Waals surface area (Å²) in [6.45, 7) is 2.04. The van der Waals surface area contributed by atoms with E-state index in [1.54, 1.807) is 30.3 Å². The van der Waals surface area contributed by atoms with E-state index in [-0.39, 0.29) is 11.4 Å². The number of nitrogens with two attached hydrogens (primary N) is 1. The van der Waals surface area contributed by atoms with Gasteiger partial charge in [-0.15, -0.1) is 0 Å². The Morgan fingerprint density at radius 2 is 1.50 bits per heavy atom. The first-order valence-electron chi connectivity index (χ1n) is 9.52. The Kier molecular flexibility index (Phi) is 6.92. The van der Waals surface area contributed by atoms with Crippen LogP contribution in [0.15, 0.2) is 83.8 Å². The summed E-state index contributed by atoms with van der Waals surface area (Å²) in [6, 6.07) is 21.0. The van der Waals surface area contributed by atoms with E-state index in [4.69, 9.17) is 17.3 Å². The standard InChI is InChI=1S/C23H23ClN2O3S/c1-2-17-8-10-18(11-9-17)16-26(22(23(25)27)19-6-4-3-5-7-19)30(28,29)21-14-12-20(24)13-15-21/h3-15,22H,2,16H2,1H3,(H2,25,27)/t22-/m1/s1. The van der Waals surface area contributed by atoms with Gasteiger partial charge in [0.15, 0.2) is 0 Å². The predicted octanol–water partition coefficient (Wildman–Crippen LogP) is 4.32. The molecule has 0 heterocycles. The second-order valence-electron chi connectivity index (χ2n) is 6.89. The van der Waals surface area contributed by atoms with Crippen molar-refractivity contribution < 1.29 is 13.2 Å².